The molecule has 0 fully saturated rings. The second kappa shape index (κ2) is 5.70. The second-order valence-corrected chi connectivity index (χ2v) is 3.40. The Hall–Kier alpha value is -2.10. The lowest BCUT2D eigenvalue weighted by atomic mass is 10.2. The highest BCUT2D eigenvalue weighted by Crippen LogP contribution is 2.11. The van der Waals surface area contributed by atoms with Gasteiger partial charge in [0.1, 0.15) is 0 Å². The van der Waals surface area contributed by atoms with E-state index >= 15 is 0 Å². The van der Waals surface area contributed by atoms with Gasteiger partial charge in [-0.15, -0.1) is 0 Å². The molecule has 16 heavy (non-hydrogen) atoms. The van der Waals surface area contributed by atoms with Crippen molar-refractivity contribution in [2.45, 2.75) is 0 Å². The van der Waals surface area contributed by atoms with E-state index in [1.54, 1.807) is 12.1 Å². The maximum absolute atomic E-state index is 11.5. The molecule has 0 aliphatic rings. The van der Waals surface area contributed by atoms with Crippen molar-refractivity contribution in [1.82, 2.24) is 5.43 Å². The number of hydrazone groups is 1. The first kappa shape index (κ1) is 12.0. The zero-order valence-electron chi connectivity index (χ0n) is 9.47. The van der Waals surface area contributed by atoms with Crippen LogP contribution in [-0.4, -0.2) is 26.2 Å². The van der Waals surface area contributed by atoms with Gasteiger partial charge in [0.2, 0.25) is 0 Å². The minimum atomic E-state index is -0.233. The molecule has 84 valence electrons. The molecular formula is C12H15N3O. The smallest absolute Gasteiger partial charge is 0.271 e. The number of carbonyl (C=O) groups excluding carboxylic acids is 1. The molecule has 1 aromatic carbocycles. The van der Waals surface area contributed by atoms with Crippen molar-refractivity contribution in [3.05, 3.63) is 42.5 Å². The van der Waals surface area contributed by atoms with Crippen LogP contribution in [0.4, 0.5) is 5.69 Å². The molecule has 0 bridgehead atoms. The lowest BCUT2D eigenvalue weighted by Gasteiger charge is -2.12. The maximum Gasteiger partial charge on any atom is 0.271 e. The summed E-state index contributed by atoms with van der Waals surface area (Å²) in [4.78, 5) is 13.5. The number of benzene rings is 1. The third-order valence-corrected chi connectivity index (χ3v) is 1.99. The van der Waals surface area contributed by atoms with E-state index in [4.69, 9.17) is 0 Å². The lowest BCUT2D eigenvalue weighted by Crippen LogP contribution is -2.17. The van der Waals surface area contributed by atoms with Crippen molar-refractivity contribution in [3.63, 3.8) is 0 Å². The van der Waals surface area contributed by atoms with E-state index in [0.717, 1.165) is 5.69 Å². The number of rotatable bonds is 4. The van der Waals surface area contributed by atoms with E-state index in [9.17, 15) is 4.79 Å². The Morgan fingerprint density at radius 2 is 2.00 bits per heavy atom. The van der Waals surface area contributed by atoms with Crippen LogP contribution in [0.25, 0.3) is 0 Å². The number of hydrogen-bond acceptors (Lipinski definition) is 3. The van der Waals surface area contributed by atoms with E-state index in [1.807, 2.05) is 31.1 Å². The summed E-state index contributed by atoms with van der Waals surface area (Å²) in [6, 6.07) is 7.28. The minimum absolute atomic E-state index is 0.233. The molecule has 0 heterocycles. The van der Waals surface area contributed by atoms with Crippen molar-refractivity contribution in [3.8, 4) is 0 Å². The fraction of sp³-hybridized carbons (Fsp3) is 0.167. The predicted molar refractivity (Wildman–Crippen MR) is 66.9 cm³/mol. The van der Waals surface area contributed by atoms with Gasteiger partial charge in [-0.3, -0.25) is 4.79 Å². The average Bonchev–Trinajstić information content (AvgIpc) is 2.29. The Kier molecular flexibility index (Phi) is 4.27. The fourth-order valence-electron chi connectivity index (χ4n) is 1.12. The van der Waals surface area contributed by atoms with Gasteiger partial charge in [-0.05, 0) is 30.3 Å². The van der Waals surface area contributed by atoms with Crippen LogP contribution < -0.4 is 10.3 Å². The molecule has 1 aromatic rings. The van der Waals surface area contributed by atoms with Gasteiger partial charge >= 0.3 is 0 Å². The Labute approximate surface area is 95.3 Å². The summed E-state index contributed by atoms with van der Waals surface area (Å²) in [6.45, 7) is 3.46. The Balaban J connectivity index is 2.70. The van der Waals surface area contributed by atoms with E-state index < -0.39 is 0 Å². The molecule has 0 aliphatic heterocycles. The number of nitrogens with one attached hydrogen (secondary N) is 1. The van der Waals surface area contributed by atoms with Crippen LogP contribution in [0.2, 0.25) is 0 Å². The van der Waals surface area contributed by atoms with Gasteiger partial charge in [-0.1, -0.05) is 6.58 Å². The van der Waals surface area contributed by atoms with Gasteiger partial charge in [0, 0.05) is 31.6 Å². The number of carbonyl (C=O) groups is 1. The summed E-state index contributed by atoms with van der Waals surface area (Å²) in [5.41, 5.74) is 4.02. The van der Waals surface area contributed by atoms with Gasteiger partial charge < -0.3 is 4.90 Å². The standard InChI is InChI=1S/C12H15N3O/c1-4-9-13-14-12(16)10-5-7-11(8-6-10)15(2)3/h4-9H,1H2,2-3H3,(H,14,16). The number of anilines is 1. The molecule has 1 amide bonds. The third kappa shape index (κ3) is 3.24. The van der Waals surface area contributed by atoms with Crippen LogP contribution in [0, 0.1) is 0 Å². The number of amides is 1. The van der Waals surface area contributed by atoms with E-state index in [-0.39, 0.29) is 5.91 Å². The fourth-order valence-corrected chi connectivity index (χ4v) is 1.12. The van der Waals surface area contributed by atoms with Crippen molar-refractivity contribution in [2.24, 2.45) is 5.10 Å². The minimum Gasteiger partial charge on any atom is -0.378 e. The summed E-state index contributed by atoms with van der Waals surface area (Å²) < 4.78 is 0. The maximum atomic E-state index is 11.5. The van der Waals surface area contributed by atoms with E-state index in [0.29, 0.717) is 5.56 Å². The Morgan fingerprint density at radius 3 is 2.50 bits per heavy atom. The summed E-state index contributed by atoms with van der Waals surface area (Å²) >= 11 is 0. The van der Waals surface area contributed by atoms with Gasteiger partial charge in [0.25, 0.3) is 5.91 Å². The van der Waals surface area contributed by atoms with Crippen molar-refractivity contribution < 1.29 is 4.79 Å². The Bertz CT molecular complexity index is 393. The molecule has 0 atom stereocenters. The predicted octanol–water partition coefficient (Wildman–Crippen LogP) is 1.65. The molecule has 0 unspecified atom stereocenters. The van der Waals surface area contributed by atoms with Gasteiger partial charge in [0.05, 0.1) is 0 Å². The molecule has 4 heteroatoms. The lowest BCUT2D eigenvalue weighted by molar-refractivity contribution is 0.0955. The Morgan fingerprint density at radius 1 is 1.38 bits per heavy atom. The van der Waals surface area contributed by atoms with Gasteiger partial charge in [-0.2, -0.15) is 5.10 Å². The zero-order valence-corrected chi connectivity index (χ0v) is 9.47. The molecule has 0 aliphatic carbocycles. The third-order valence-electron chi connectivity index (χ3n) is 1.99. The molecule has 0 spiro atoms. The summed E-state index contributed by atoms with van der Waals surface area (Å²) in [6.07, 6.45) is 2.92. The molecule has 1 rings (SSSR count). The highest BCUT2D eigenvalue weighted by atomic mass is 16.2. The SMILES string of the molecule is C=CC=NNC(=O)c1ccc(N(C)C)cc1. The first-order valence-electron chi connectivity index (χ1n) is 4.87. The molecule has 0 radical (unpaired) electrons. The first-order valence-corrected chi connectivity index (χ1v) is 4.87. The molecule has 0 saturated carbocycles. The van der Waals surface area contributed by atoms with Crippen LogP contribution in [0.15, 0.2) is 42.0 Å². The summed E-state index contributed by atoms with van der Waals surface area (Å²) in [7, 11) is 3.90. The summed E-state index contributed by atoms with van der Waals surface area (Å²) in [5, 5.41) is 3.67. The normalized spacial score (nSPS) is 10.1. The first-order chi connectivity index (χ1) is 7.65. The van der Waals surface area contributed by atoms with Crippen LogP contribution in [0.5, 0.6) is 0 Å². The molecular weight excluding hydrogens is 202 g/mol. The molecule has 0 saturated heterocycles. The van der Waals surface area contributed by atoms with Crippen molar-refractivity contribution >= 4 is 17.8 Å². The van der Waals surface area contributed by atoms with Crippen LogP contribution in [0.1, 0.15) is 10.4 Å². The highest BCUT2D eigenvalue weighted by molar-refractivity contribution is 5.94. The van der Waals surface area contributed by atoms with Crippen molar-refractivity contribution in [1.29, 1.82) is 0 Å². The number of nitrogens with zero attached hydrogens (tertiary/aromatic N) is 2. The largest absolute Gasteiger partial charge is 0.378 e. The summed E-state index contributed by atoms with van der Waals surface area (Å²) in [5.74, 6) is -0.233. The monoisotopic (exact) mass is 217 g/mol. The van der Waals surface area contributed by atoms with Crippen LogP contribution in [0.3, 0.4) is 0 Å². The highest BCUT2D eigenvalue weighted by Gasteiger charge is 2.03. The van der Waals surface area contributed by atoms with E-state index in [2.05, 4.69) is 17.1 Å². The van der Waals surface area contributed by atoms with E-state index in [1.165, 1.54) is 12.3 Å². The number of allylic oxidation sites excluding steroid dienone is 1. The topological polar surface area (TPSA) is 44.7 Å². The quantitative estimate of drug-likeness (QED) is 0.615. The number of hydrogen-bond donors (Lipinski definition) is 1. The average molecular weight is 217 g/mol. The van der Waals surface area contributed by atoms with Gasteiger partial charge in [-0.25, -0.2) is 5.43 Å². The van der Waals surface area contributed by atoms with Crippen LogP contribution in [-0.2, 0) is 0 Å². The zero-order chi connectivity index (χ0) is 12.0. The molecule has 0 aromatic heterocycles. The van der Waals surface area contributed by atoms with Crippen molar-refractivity contribution in [2.75, 3.05) is 19.0 Å². The molecule has 4 nitrogen and oxygen atoms in total. The second-order valence-electron chi connectivity index (χ2n) is 3.40. The van der Waals surface area contributed by atoms with Crippen LogP contribution >= 0.6 is 0 Å². The molecule has 1 N–H and O–H groups in total. The van der Waals surface area contributed by atoms with Gasteiger partial charge in [0.15, 0.2) is 0 Å².